The van der Waals surface area contributed by atoms with Crippen molar-refractivity contribution < 1.29 is 0 Å². The number of aromatic nitrogens is 3. The first-order valence-corrected chi connectivity index (χ1v) is 4.50. The molecule has 0 amide bonds. The average Bonchev–Trinajstić information content (AvgIpc) is 2.54. The normalized spacial score (nSPS) is 10.4. The van der Waals surface area contributed by atoms with Gasteiger partial charge < -0.3 is 4.98 Å². The third-order valence-electron chi connectivity index (χ3n) is 2.20. The molecule has 0 saturated carbocycles. The monoisotopic (exact) mass is 186 g/mol. The van der Waals surface area contributed by atoms with Crippen LogP contribution in [0.3, 0.4) is 0 Å². The molecular weight excluding hydrogens is 176 g/mol. The minimum absolute atomic E-state index is 0.646. The molecule has 0 aliphatic rings. The summed E-state index contributed by atoms with van der Waals surface area (Å²) in [5, 5.41) is 9.00. The van der Waals surface area contributed by atoms with E-state index >= 15 is 0 Å². The van der Waals surface area contributed by atoms with E-state index in [1.807, 2.05) is 13.8 Å². The van der Waals surface area contributed by atoms with Crippen molar-refractivity contribution in [3.63, 3.8) is 0 Å². The summed E-state index contributed by atoms with van der Waals surface area (Å²) in [4.78, 5) is 11.5. The quantitative estimate of drug-likeness (QED) is 0.737. The molecule has 0 aliphatic heterocycles. The highest BCUT2D eigenvalue weighted by molar-refractivity contribution is 5.82. The first-order chi connectivity index (χ1) is 6.76. The number of nitriles is 1. The zero-order valence-electron chi connectivity index (χ0n) is 8.13. The van der Waals surface area contributed by atoms with E-state index in [9.17, 15) is 0 Å². The van der Waals surface area contributed by atoms with E-state index in [4.69, 9.17) is 5.26 Å². The molecule has 2 aromatic rings. The Bertz CT molecular complexity index is 519. The predicted molar refractivity (Wildman–Crippen MR) is 52.7 cm³/mol. The maximum absolute atomic E-state index is 9.00. The van der Waals surface area contributed by atoms with Crippen LogP contribution >= 0.6 is 0 Å². The first-order valence-electron chi connectivity index (χ1n) is 4.50. The molecule has 4 nitrogen and oxygen atoms in total. The Hall–Kier alpha value is -1.89. The van der Waals surface area contributed by atoms with Crippen LogP contribution in [0, 0.1) is 18.3 Å². The van der Waals surface area contributed by atoms with Crippen LogP contribution in [0.15, 0.2) is 6.20 Å². The second kappa shape index (κ2) is 3.11. The van der Waals surface area contributed by atoms with E-state index in [2.05, 4.69) is 21.0 Å². The van der Waals surface area contributed by atoms with Gasteiger partial charge in [0.2, 0.25) is 0 Å². The van der Waals surface area contributed by atoms with Crippen LogP contribution in [-0.2, 0) is 6.42 Å². The van der Waals surface area contributed by atoms with Gasteiger partial charge in [0, 0.05) is 5.69 Å². The summed E-state index contributed by atoms with van der Waals surface area (Å²) in [6, 6.07) is 2.18. The summed E-state index contributed by atoms with van der Waals surface area (Å²) in [5.74, 6) is 0.690. The van der Waals surface area contributed by atoms with Gasteiger partial charge >= 0.3 is 0 Å². The number of rotatable bonds is 1. The molecular formula is C10H10N4. The Labute approximate surface area is 81.6 Å². The van der Waals surface area contributed by atoms with E-state index in [0.717, 1.165) is 23.1 Å². The Kier molecular flexibility index (Phi) is 1.93. The molecule has 0 spiro atoms. The van der Waals surface area contributed by atoms with Crippen molar-refractivity contribution in [2.24, 2.45) is 0 Å². The highest BCUT2D eigenvalue weighted by Gasteiger charge is 2.10. The summed E-state index contributed by atoms with van der Waals surface area (Å²) < 4.78 is 0. The number of aromatic amines is 1. The number of H-pyrrole nitrogens is 1. The fourth-order valence-corrected chi connectivity index (χ4v) is 1.51. The number of nitrogens with zero attached hydrogens (tertiary/aromatic N) is 3. The van der Waals surface area contributed by atoms with Crippen molar-refractivity contribution in [2.75, 3.05) is 0 Å². The zero-order valence-corrected chi connectivity index (χ0v) is 8.13. The van der Waals surface area contributed by atoms with Crippen LogP contribution in [0.25, 0.3) is 11.0 Å². The molecule has 14 heavy (non-hydrogen) atoms. The molecule has 0 atom stereocenters. The summed E-state index contributed by atoms with van der Waals surface area (Å²) in [7, 11) is 0. The van der Waals surface area contributed by atoms with Gasteiger partial charge in [-0.05, 0) is 13.3 Å². The lowest BCUT2D eigenvalue weighted by atomic mass is 10.2. The standard InChI is InChI=1S/C10H10N4/c1-3-8-7(4-11)10-9(14-8)5-12-6(2)13-10/h5,14H,3H2,1-2H3. The van der Waals surface area contributed by atoms with Crippen molar-refractivity contribution in [3.8, 4) is 6.07 Å². The van der Waals surface area contributed by atoms with Gasteiger partial charge in [0.15, 0.2) is 0 Å². The zero-order chi connectivity index (χ0) is 10.1. The third-order valence-corrected chi connectivity index (χ3v) is 2.20. The van der Waals surface area contributed by atoms with Gasteiger partial charge in [-0.25, -0.2) is 9.97 Å². The highest BCUT2D eigenvalue weighted by Crippen LogP contribution is 2.19. The van der Waals surface area contributed by atoms with Gasteiger partial charge in [-0.2, -0.15) is 5.26 Å². The van der Waals surface area contributed by atoms with Crippen LogP contribution < -0.4 is 0 Å². The van der Waals surface area contributed by atoms with Crippen LogP contribution in [0.5, 0.6) is 0 Å². The summed E-state index contributed by atoms with van der Waals surface area (Å²) >= 11 is 0. The van der Waals surface area contributed by atoms with Crippen molar-refractivity contribution in [1.29, 1.82) is 5.26 Å². The molecule has 0 radical (unpaired) electrons. The maximum atomic E-state index is 9.00. The van der Waals surface area contributed by atoms with E-state index in [0.29, 0.717) is 11.4 Å². The molecule has 1 N–H and O–H groups in total. The highest BCUT2D eigenvalue weighted by atomic mass is 14.9. The van der Waals surface area contributed by atoms with E-state index < -0.39 is 0 Å². The van der Waals surface area contributed by atoms with Crippen molar-refractivity contribution in [2.45, 2.75) is 20.3 Å². The van der Waals surface area contributed by atoms with Crippen LogP contribution in [0.4, 0.5) is 0 Å². The van der Waals surface area contributed by atoms with Crippen LogP contribution in [0.2, 0.25) is 0 Å². The van der Waals surface area contributed by atoms with E-state index in [-0.39, 0.29) is 0 Å². The molecule has 2 heterocycles. The molecule has 0 bridgehead atoms. The molecule has 0 fully saturated rings. The number of nitrogens with one attached hydrogen (secondary N) is 1. The Balaban J connectivity index is 2.83. The summed E-state index contributed by atoms with van der Waals surface area (Å²) in [6.45, 7) is 3.82. The Morgan fingerprint density at radius 2 is 2.36 bits per heavy atom. The maximum Gasteiger partial charge on any atom is 0.126 e. The van der Waals surface area contributed by atoms with Gasteiger partial charge in [-0.3, -0.25) is 0 Å². The SMILES string of the molecule is CCc1[nH]c2cnc(C)nc2c1C#N. The third kappa shape index (κ3) is 1.14. The smallest absolute Gasteiger partial charge is 0.126 e. The van der Waals surface area contributed by atoms with Gasteiger partial charge in [0.25, 0.3) is 0 Å². The first kappa shape index (κ1) is 8.70. The second-order valence-corrected chi connectivity index (χ2v) is 3.12. The van der Waals surface area contributed by atoms with Gasteiger partial charge in [-0.15, -0.1) is 0 Å². The van der Waals surface area contributed by atoms with Crippen molar-refractivity contribution in [3.05, 3.63) is 23.3 Å². The van der Waals surface area contributed by atoms with Crippen LogP contribution in [0.1, 0.15) is 24.0 Å². The summed E-state index contributed by atoms with van der Waals surface area (Å²) in [6.07, 6.45) is 2.52. The topological polar surface area (TPSA) is 65.4 Å². The van der Waals surface area contributed by atoms with E-state index in [1.54, 1.807) is 6.20 Å². The minimum Gasteiger partial charge on any atom is -0.355 e. The fraction of sp³-hybridized carbons (Fsp3) is 0.300. The summed E-state index contributed by atoms with van der Waals surface area (Å²) in [5.41, 5.74) is 3.15. The fourth-order valence-electron chi connectivity index (χ4n) is 1.51. The lowest BCUT2D eigenvalue weighted by Gasteiger charge is -1.90. The van der Waals surface area contributed by atoms with Crippen molar-refractivity contribution in [1.82, 2.24) is 15.0 Å². The molecule has 2 aromatic heterocycles. The minimum atomic E-state index is 0.646. The Morgan fingerprint density at radius 3 is 3.00 bits per heavy atom. The molecule has 0 aliphatic carbocycles. The molecule has 0 saturated heterocycles. The van der Waals surface area contributed by atoms with Gasteiger partial charge in [0.05, 0.1) is 17.3 Å². The van der Waals surface area contributed by atoms with E-state index in [1.165, 1.54) is 0 Å². The number of hydrogen-bond acceptors (Lipinski definition) is 3. The molecule has 2 rings (SSSR count). The second-order valence-electron chi connectivity index (χ2n) is 3.12. The van der Waals surface area contributed by atoms with Crippen LogP contribution in [-0.4, -0.2) is 15.0 Å². The van der Waals surface area contributed by atoms with Gasteiger partial charge in [-0.1, -0.05) is 6.92 Å². The lowest BCUT2D eigenvalue weighted by Crippen LogP contribution is -1.87. The molecule has 70 valence electrons. The molecule has 0 unspecified atom stereocenters. The molecule has 0 aromatic carbocycles. The lowest BCUT2D eigenvalue weighted by molar-refractivity contribution is 1.06. The molecule has 4 heteroatoms. The van der Waals surface area contributed by atoms with Crippen molar-refractivity contribution >= 4 is 11.0 Å². The average molecular weight is 186 g/mol. The largest absolute Gasteiger partial charge is 0.355 e. The van der Waals surface area contributed by atoms with Gasteiger partial charge in [0.1, 0.15) is 17.4 Å². The number of fused-ring (bicyclic) bond motifs is 1. The number of hydrogen-bond donors (Lipinski definition) is 1. The Morgan fingerprint density at radius 1 is 1.57 bits per heavy atom. The number of aryl methyl sites for hydroxylation is 2. The predicted octanol–water partition coefficient (Wildman–Crippen LogP) is 1.70.